The first-order valence-corrected chi connectivity index (χ1v) is 6.82. The van der Waals surface area contributed by atoms with Gasteiger partial charge in [-0.2, -0.15) is 5.10 Å². The van der Waals surface area contributed by atoms with Gasteiger partial charge in [-0.1, -0.05) is 23.7 Å². The first-order chi connectivity index (χ1) is 9.16. The molecule has 1 aromatic carbocycles. The van der Waals surface area contributed by atoms with Crippen molar-refractivity contribution in [2.75, 3.05) is 0 Å². The first-order valence-electron chi connectivity index (χ1n) is 5.36. The minimum atomic E-state index is -0.389. The zero-order valence-corrected chi connectivity index (χ0v) is 12.6. The van der Waals surface area contributed by atoms with Crippen molar-refractivity contribution < 1.29 is 4.79 Å². The van der Waals surface area contributed by atoms with E-state index in [9.17, 15) is 4.79 Å². The van der Waals surface area contributed by atoms with Crippen LogP contribution in [-0.2, 0) is 0 Å². The fraction of sp³-hybridized carbons (Fsp3) is 0. The molecule has 0 saturated carbocycles. The fourth-order valence-electron chi connectivity index (χ4n) is 1.33. The molecule has 4 nitrogen and oxygen atoms in total. The van der Waals surface area contributed by atoms with E-state index in [0.29, 0.717) is 5.56 Å². The maximum Gasteiger partial charge on any atom is 0.274 e. The van der Waals surface area contributed by atoms with E-state index >= 15 is 0 Å². The van der Waals surface area contributed by atoms with Crippen LogP contribution in [0.3, 0.4) is 0 Å². The minimum Gasteiger partial charge on any atom is -0.267 e. The molecular formula is C13H9ClIN3O. The summed E-state index contributed by atoms with van der Waals surface area (Å²) < 4.78 is 1.14. The normalized spacial score (nSPS) is 10.6. The molecule has 1 amide bonds. The largest absolute Gasteiger partial charge is 0.274 e. The Morgan fingerprint density at radius 1 is 1.32 bits per heavy atom. The van der Waals surface area contributed by atoms with Crippen molar-refractivity contribution in [2.24, 2.45) is 5.10 Å². The molecule has 0 aliphatic heterocycles. The second-order valence-electron chi connectivity index (χ2n) is 3.59. The van der Waals surface area contributed by atoms with Crippen molar-refractivity contribution in [1.82, 2.24) is 10.4 Å². The number of benzene rings is 1. The standard InChI is InChI=1S/C13H9ClIN3O/c14-12-11(2-1-7-16-12)13(19)18-17-8-9-3-5-10(15)6-4-9/h1-8H,(H,18,19). The number of hydrogen-bond donors (Lipinski definition) is 1. The summed E-state index contributed by atoms with van der Waals surface area (Å²) in [4.78, 5) is 15.6. The lowest BCUT2D eigenvalue weighted by atomic mass is 10.2. The Morgan fingerprint density at radius 2 is 2.05 bits per heavy atom. The maximum atomic E-state index is 11.8. The molecule has 0 bridgehead atoms. The highest BCUT2D eigenvalue weighted by Gasteiger charge is 2.08. The van der Waals surface area contributed by atoms with Crippen LogP contribution in [0.2, 0.25) is 5.15 Å². The first kappa shape index (κ1) is 14.0. The van der Waals surface area contributed by atoms with E-state index in [4.69, 9.17) is 11.6 Å². The molecule has 0 fully saturated rings. The molecule has 0 spiro atoms. The van der Waals surface area contributed by atoms with Gasteiger partial charge >= 0.3 is 0 Å². The molecule has 2 rings (SSSR count). The Kier molecular flexibility index (Phi) is 4.86. The summed E-state index contributed by atoms with van der Waals surface area (Å²) in [6, 6.07) is 11.0. The molecule has 0 saturated heterocycles. The number of aromatic nitrogens is 1. The molecule has 19 heavy (non-hydrogen) atoms. The van der Waals surface area contributed by atoms with E-state index in [1.54, 1.807) is 18.3 Å². The maximum absolute atomic E-state index is 11.8. The van der Waals surface area contributed by atoms with Gasteiger partial charge in [-0.05, 0) is 52.4 Å². The van der Waals surface area contributed by atoms with Gasteiger partial charge in [-0.15, -0.1) is 0 Å². The van der Waals surface area contributed by atoms with Gasteiger partial charge in [0.2, 0.25) is 0 Å². The number of pyridine rings is 1. The average Bonchev–Trinajstić information content (AvgIpc) is 2.41. The summed E-state index contributed by atoms with van der Waals surface area (Å²) in [6.07, 6.45) is 3.09. The summed E-state index contributed by atoms with van der Waals surface area (Å²) in [5, 5.41) is 4.03. The van der Waals surface area contributed by atoms with Gasteiger partial charge in [0.1, 0.15) is 5.15 Å². The van der Waals surface area contributed by atoms with Crippen molar-refractivity contribution in [3.63, 3.8) is 0 Å². The third-order valence-corrected chi connectivity index (χ3v) is 3.27. The lowest BCUT2D eigenvalue weighted by Gasteiger charge is -2.00. The Hall–Kier alpha value is -1.47. The molecule has 1 aromatic heterocycles. The number of carbonyl (C=O) groups excluding carboxylic acids is 1. The minimum absolute atomic E-state index is 0.157. The van der Waals surface area contributed by atoms with Crippen LogP contribution in [0, 0.1) is 3.57 Å². The predicted octanol–water partition coefficient (Wildman–Crippen LogP) is 3.10. The molecule has 0 atom stereocenters. The van der Waals surface area contributed by atoms with Gasteiger partial charge in [0.25, 0.3) is 5.91 Å². The van der Waals surface area contributed by atoms with Gasteiger partial charge in [-0.25, -0.2) is 10.4 Å². The third kappa shape index (κ3) is 4.00. The molecule has 0 aliphatic rings. The van der Waals surface area contributed by atoms with Gasteiger partial charge in [-0.3, -0.25) is 4.79 Å². The SMILES string of the molecule is O=C(NN=Cc1ccc(I)cc1)c1cccnc1Cl. The van der Waals surface area contributed by atoms with Crippen molar-refractivity contribution in [1.29, 1.82) is 0 Å². The van der Waals surface area contributed by atoms with Gasteiger partial charge < -0.3 is 0 Å². The highest BCUT2D eigenvalue weighted by molar-refractivity contribution is 14.1. The second-order valence-corrected chi connectivity index (χ2v) is 5.20. The molecular weight excluding hydrogens is 377 g/mol. The highest BCUT2D eigenvalue weighted by atomic mass is 127. The van der Waals surface area contributed by atoms with Crippen LogP contribution >= 0.6 is 34.2 Å². The summed E-state index contributed by atoms with van der Waals surface area (Å²) in [6.45, 7) is 0. The Balaban J connectivity index is 2.01. The molecule has 1 heterocycles. The summed E-state index contributed by atoms with van der Waals surface area (Å²) >= 11 is 8.03. The lowest BCUT2D eigenvalue weighted by Crippen LogP contribution is -2.18. The number of nitrogens with one attached hydrogen (secondary N) is 1. The smallest absolute Gasteiger partial charge is 0.267 e. The number of carbonyl (C=O) groups is 1. The third-order valence-electron chi connectivity index (χ3n) is 2.25. The van der Waals surface area contributed by atoms with E-state index in [2.05, 4.69) is 38.1 Å². The number of hydrazone groups is 1. The van der Waals surface area contributed by atoms with Crippen LogP contribution in [0.15, 0.2) is 47.7 Å². The molecule has 1 N–H and O–H groups in total. The van der Waals surface area contributed by atoms with Crippen LogP contribution in [-0.4, -0.2) is 17.1 Å². The number of hydrogen-bond acceptors (Lipinski definition) is 3. The zero-order valence-electron chi connectivity index (χ0n) is 9.68. The molecule has 2 aromatic rings. The second kappa shape index (κ2) is 6.63. The fourth-order valence-corrected chi connectivity index (χ4v) is 1.89. The molecule has 96 valence electrons. The van der Waals surface area contributed by atoms with Crippen molar-refractivity contribution in [3.8, 4) is 0 Å². The average molecular weight is 386 g/mol. The van der Waals surface area contributed by atoms with E-state index in [0.717, 1.165) is 9.13 Å². The van der Waals surface area contributed by atoms with E-state index < -0.39 is 0 Å². The molecule has 6 heteroatoms. The van der Waals surface area contributed by atoms with E-state index in [1.807, 2.05) is 24.3 Å². The highest BCUT2D eigenvalue weighted by Crippen LogP contribution is 2.10. The van der Waals surface area contributed by atoms with Crippen LogP contribution in [0.1, 0.15) is 15.9 Å². The number of amides is 1. The van der Waals surface area contributed by atoms with Gasteiger partial charge in [0.05, 0.1) is 11.8 Å². The summed E-state index contributed by atoms with van der Waals surface area (Å²) in [5.74, 6) is -0.389. The lowest BCUT2D eigenvalue weighted by molar-refractivity contribution is 0.0955. The zero-order chi connectivity index (χ0) is 13.7. The van der Waals surface area contributed by atoms with Crippen molar-refractivity contribution >= 4 is 46.3 Å². The monoisotopic (exact) mass is 385 g/mol. The Morgan fingerprint density at radius 3 is 2.74 bits per heavy atom. The molecule has 0 unspecified atom stereocenters. The molecule has 0 aliphatic carbocycles. The number of halogens is 2. The van der Waals surface area contributed by atoms with Gasteiger partial charge in [0, 0.05) is 9.77 Å². The van der Waals surface area contributed by atoms with E-state index in [1.165, 1.54) is 6.20 Å². The summed E-state index contributed by atoms with van der Waals surface area (Å²) in [7, 11) is 0. The van der Waals surface area contributed by atoms with Crippen LogP contribution < -0.4 is 5.43 Å². The summed E-state index contributed by atoms with van der Waals surface area (Å²) in [5.41, 5.74) is 3.60. The van der Waals surface area contributed by atoms with Crippen LogP contribution in [0.5, 0.6) is 0 Å². The molecule has 0 radical (unpaired) electrons. The number of rotatable bonds is 3. The Bertz CT molecular complexity index is 614. The number of nitrogens with zero attached hydrogens (tertiary/aromatic N) is 2. The predicted molar refractivity (Wildman–Crippen MR) is 83.5 cm³/mol. The van der Waals surface area contributed by atoms with Crippen LogP contribution in [0.4, 0.5) is 0 Å². The van der Waals surface area contributed by atoms with Crippen molar-refractivity contribution in [2.45, 2.75) is 0 Å². The topological polar surface area (TPSA) is 54.4 Å². The van der Waals surface area contributed by atoms with E-state index in [-0.39, 0.29) is 11.1 Å². The van der Waals surface area contributed by atoms with Gasteiger partial charge in [0.15, 0.2) is 0 Å². The Labute approximate surface area is 129 Å². The quantitative estimate of drug-likeness (QED) is 0.382. The van der Waals surface area contributed by atoms with Crippen LogP contribution in [0.25, 0.3) is 0 Å². The van der Waals surface area contributed by atoms with Crippen molar-refractivity contribution in [3.05, 3.63) is 62.4 Å².